The number of halogens is 1. The van der Waals surface area contributed by atoms with Gasteiger partial charge in [0.25, 0.3) is 0 Å². The quantitative estimate of drug-likeness (QED) is 0.112. The largest absolute Gasteiger partial charge is 0.497 e. The lowest BCUT2D eigenvalue weighted by molar-refractivity contribution is -0.695. The summed E-state index contributed by atoms with van der Waals surface area (Å²) in [5.41, 5.74) is 5.45. The predicted octanol–water partition coefficient (Wildman–Crippen LogP) is 8.68. The molecule has 54 heavy (non-hydrogen) atoms. The van der Waals surface area contributed by atoms with Crippen molar-refractivity contribution in [1.29, 1.82) is 0 Å². The van der Waals surface area contributed by atoms with E-state index < -0.39 is 0 Å². The molecule has 9 heteroatoms. The summed E-state index contributed by atoms with van der Waals surface area (Å²) >= 11 is 6.35. The molecular weight excluding hydrogens is 692 g/mol. The number of rotatable bonds is 10. The second kappa shape index (κ2) is 14.9. The zero-order valence-electron chi connectivity index (χ0n) is 31.7. The van der Waals surface area contributed by atoms with E-state index in [1.165, 1.54) is 84.4 Å². The number of piperidine rings is 2. The number of pyridine rings is 2. The summed E-state index contributed by atoms with van der Waals surface area (Å²) < 4.78 is 15.8. The molecule has 2 fully saturated rings. The molecule has 1 N–H and O–H groups in total. The number of fused-ring (bicyclic) bond motifs is 7. The zero-order chi connectivity index (χ0) is 36.8. The van der Waals surface area contributed by atoms with Gasteiger partial charge in [0.15, 0.2) is 18.9 Å². The average molecular weight is 742 g/mol. The third kappa shape index (κ3) is 6.69. The molecule has 2 aliphatic heterocycles. The minimum Gasteiger partial charge on any atom is -0.497 e. The highest BCUT2D eigenvalue weighted by atomic mass is 35.5. The highest BCUT2D eigenvalue weighted by Gasteiger charge is 2.30. The summed E-state index contributed by atoms with van der Waals surface area (Å²) in [6, 6.07) is 25.2. The van der Waals surface area contributed by atoms with Crippen molar-refractivity contribution in [3.63, 3.8) is 0 Å². The smallest absolute Gasteiger partial charge is 0.177 e. The molecule has 0 saturated carbocycles. The number of benzene rings is 4. The van der Waals surface area contributed by atoms with Crippen LogP contribution < -0.4 is 19.4 Å². The van der Waals surface area contributed by atoms with Crippen LogP contribution in [0.15, 0.2) is 85.2 Å². The second-order valence-corrected chi connectivity index (χ2v) is 15.8. The van der Waals surface area contributed by atoms with E-state index in [4.69, 9.17) is 26.1 Å². The van der Waals surface area contributed by atoms with Crippen molar-refractivity contribution in [2.24, 2.45) is 18.9 Å². The lowest BCUT2D eigenvalue weighted by atomic mass is 9.79. The van der Waals surface area contributed by atoms with Gasteiger partial charge in [-0.05, 0) is 130 Å². The topological polar surface area (TPSA) is 58.7 Å². The average Bonchev–Trinajstić information content (AvgIpc) is 3.50. The van der Waals surface area contributed by atoms with Gasteiger partial charge in [-0.25, -0.2) is 9.55 Å². The summed E-state index contributed by atoms with van der Waals surface area (Å²) in [6.45, 7) is 8.79. The van der Waals surface area contributed by atoms with E-state index in [2.05, 4.69) is 92.2 Å². The number of anilines is 1. The Morgan fingerprint density at radius 1 is 0.722 bits per heavy atom. The Balaban J connectivity index is 0.780. The summed E-state index contributed by atoms with van der Waals surface area (Å²) in [5.74, 6) is 3.43. The molecule has 5 heterocycles. The van der Waals surface area contributed by atoms with E-state index in [0.717, 1.165) is 77.0 Å². The highest BCUT2D eigenvalue weighted by Crippen LogP contribution is 2.37. The Kier molecular flexibility index (Phi) is 9.68. The molecule has 0 radical (unpaired) electrons. The van der Waals surface area contributed by atoms with Gasteiger partial charge in [-0.1, -0.05) is 17.7 Å². The van der Waals surface area contributed by atoms with E-state index in [0.29, 0.717) is 5.02 Å². The molecule has 7 aromatic rings. The Morgan fingerprint density at radius 2 is 1.41 bits per heavy atom. The fourth-order valence-electron chi connectivity index (χ4n) is 9.37. The van der Waals surface area contributed by atoms with Crippen LogP contribution in [0.3, 0.4) is 0 Å². The molecule has 0 bridgehead atoms. The van der Waals surface area contributed by atoms with Gasteiger partial charge in [0.2, 0.25) is 0 Å². The third-order valence-corrected chi connectivity index (χ3v) is 12.7. The van der Waals surface area contributed by atoms with Crippen LogP contribution in [-0.4, -0.2) is 79.4 Å². The van der Waals surface area contributed by atoms with Gasteiger partial charge >= 0.3 is 0 Å². The first kappa shape index (κ1) is 35.1. The van der Waals surface area contributed by atoms with Gasteiger partial charge in [-0.15, -0.1) is 0 Å². The molecule has 278 valence electrons. The number of ether oxygens (including phenoxy) is 2. The first-order chi connectivity index (χ1) is 26.4. The molecule has 0 atom stereocenters. The van der Waals surface area contributed by atoms with Crippen LogP contribution in [0.1, 0.15) is 25.7 Å². The third-order valence-electron chi connectivity index (χ3n) is 12.5. The van der Waals surface area contributed by atoms with Crippen molar-refractivity contribution in [2.75, 3.05) is 65.3 Å². The van der Waals surface area contributed by atoms with E-state index >= 15 is 0 Å². The van der Waals surface area contributed by atoms with Crippen molar-refractivity contribution >= 4 is 71.7 Å². The standard InChI is InChI=1S/C45H50ClN6O2/c1-49-42-11-7-35(54-3)28-38(42)44-39-29-52(22-16-32(39)4-10-43(44)49)25-24-51-20-14-31(15-21-51)30-12-18-50(19-13-30)23-17-47-45-36-8-5-33(46)26-41(36)48-40-9-6-34(53-2)27-37(40)45/h4-11,16,22,26-31H,12-15,17-21,23-25H2,1-3H3,(H,47,48)/q+1. The molecule has 2 aliphatic rings. The van der Waals surface area contributed by atoms with Crippen LogP contribution in [0.2, 0.25) is 5.02 Å². The number of nitrogens with zero attached hydrogens (tertiary/aromatic N) is 5. The normalized spacial score (nSPS) is 16.7. The van der Waals surface area contributed by atoms with Crippen molar-refractivity contribution < 1.29 is 14.0 Å². The van der Waals surface area contributed by atoms with Gasteiger partial charge < -0.3 is 24.3 Å². The maximum Gasteiger partial charge on any atom is 0.177 e. The van der Waals surface area contributed by atoms with Crippen LogP contribution in [0.5, 0.6) is 11.5 Å². The first-order valence-corrected chi connectivity index (χ1v) is 20.0. The molecule has 0 aliphatic carbocycles. The minimum atomic E-state index is 0.701. The number of nitrogens with one attached hydrogen (secondary N) is 1. The lowest BCUT2D eigenvalue weighted by Gasteiger charge is -2.40. The first-order valence-electron chi connectivity index (χ1n) is 19.6. The van der Waals surface area contributed by atoms with Crippen LogP contribution in [0, 0.1) is 11.8 Å². The van der Waals surface area contributed by atoms with Gasteiger partial charge in [-0.2, -0.15) is 0 Å². The SMILES string of the molecule is COc1ccc2nc3cc(Cl)ccc3c(NCCN3CCC(C4CCN(CC[n+]5ccc6ccc7c(c6c5)c5cc(OC)ccc5n7C)CC4)CC3)c2c1. The maximum absolute atomic E-state index is 6.35. The van der Waals surface area contributed by atoms with Gasteiger partial charge in [0.1, 0.15) is 11.5 Å². The van der Waals surface area contributed by atoms with Crippen LogP contribution in [0.4, 0.5) is 5.69 Å². The molecule has 0 spiro atoms. The maximum atomic E-state index is 6.35. The molecule has 0 amide bonds. The monoisotopic (exact) mass is 741 g/mol. The van der Waals surface area contributed by atoms with Gasteiger partial charge in [0, 0.05) is 63.8 Å². The van der Waals surface area contributed by atoms with Gasteiger partial charge in [0.05, 0.1) is 42.9 Å². The van der Waals surface area contributed by atoms with Crippen LogP contribution in [-0.2, 0) is 13.6 Å². The molecular formula is C45H50ClN6O2+. The second-order valence-electron chi connectivity index (χ2n) is 15.4. The number of hydrogen-bond donors (Lipinski definition) is 1. The summed E-state index contributed by atoms with van der Waals surface area (Å²) in [5, 5.41) is 11.8. The van der Waals surface area contributed by atoms with E-state index in [9.17, 15) is 0 Å². The Bertz CT molecular complexity index is 2480. The predicted molar refractivity (Wildman–Crippen MR) is 222 cm³/mol. The lowest BCUT2D eigenvalue weighted by Crippen LogP contribution is -2.45. The fourth-order valence-corrected chi connectivity index (χ4v) is 9.53. The molecule has 9 rings (SSSR count). The molecule has 4 aromatic carbocycles. The van der Waals surface area contributed by atoms with Gasteiger partial charge in [-0.3, -0.25) is 4.90 Å². The summed E-state index contributed by atoms with van der Waals surface area (Å²) in [6.07, 6.45) is 9.88. The van der Waals surface area contributed by atoms with Crippen LogP contribution >= 0.6 is 11.6 Å². The molecule has 3 aromatic heterocycles. The Labute approximate surface area is 322 Å². The van der Waals surface area contributed by atoms with E-state index in [-0.39, 0.29) is 0 Å². The number of hydrogen-bond acceptors (Lipinski definition) is 6. The Morgan fingerprint density at radius 3 is 2.15 bits per heavy atom. The van der Waals surface area contributed by atoms with Crippen molar-refractivity contribution in [3.05, 3.63) is 90.2 Å². The minimum absolute atomic E-state index is 0.701. The molecule has 8 nitrogen and oxygen atoms in total. The van der Waals surface area contributed by atoms with Crippen molar-refractivity contribution in [1.82, 2.24) is 19.4 Å². The van der Waals surface area contributed by atoms with E-state index in [1.54, 1.807) is 14.2 Å². The molecule has 2 saturated heterocycles. The van der Waals surface area contributed by atoms with E-state index in [1.807, 2.05) is 24.3 Å². The van der Waals surface area contributed by atoms with Crippen molar-refractivity contribution in [3.8, 4) is 11.5 Å². The number of likely N-dealkylation sites (tertiary alicyclic amines) is 2. The summed E-state index contributed by atoms with van der Waals surface area (Å²) in [4.78, 5) is 10.2. The van der Waals surface area contributed by atoms with Crippen molar-refractivity contribution in [2.45, 2.75) is 32.2 Å². The Hall–Kier alpha value is -4.63. The summed E-state index contributed by atoms with van der Waals surface area (Å²) in [7, 11) is 5.62. The fraction of sp³-hybridized carbons (Fsp3) is 0.378. The van der Waals surface area contributed by atoms with Crippen LogP contribution in [0.25, 0.3) is 54.4 Å². The number of aryl methyl sites for hydroxylation is 1. The number of methoxy groups -OCH3 is 2. The number of aromatic nitrogens is 3. The highest BCUT2D eigenvalue weighted by molar-refractivity contribution is 6.31. The molecule has 0 unspecified atom stereocenters. The zero-order valence-corrected chi connectivity index (χ0v) is 32.4.